The van der Waals surface area contributed by atoms with Crippen LogP contribution in [0.2, 0.25) is 0 Å². The minimum atomic E-state index is -2.50. The van der Waals surface area contributed by atoms with E-state index >= 15 is 0 Å². The fraction of sp³-hybridized carbons (Fsp3) is 0.700. The quantitative estimate of drug-likeness (QED) is 0.578. The number of aliphatic carboxylic acids is 2. The maximum atomic E-state index is 11.5. The van der Waals surface area contributed by atoms with Crippen molar-refractivity contribution in [3.05, 3.63) is 0 Å². The zero-order chi connectivity index (χ0) is 13.6. The highest BCUT2D eigenvalue weighted by molar-refractivity contribution is 6.09. The highest BCUT2D eigenvalue weighted by Crippen LogP contribution is 2.22. The highest BCUT2D eigenvalue weighted by Gasteiger charge is 2.56. The van der Waals surface area contributed by atoms with E-state index in [-0.39, 0.29) is 13.2 Å². The van der Waals surface area contributed by atoms with Gasteiger partial charge in [-0.05, 0) is 20.8 Å². The molecule has 0 fully saturated rings. The summed E-state index contributed by atoms with van der Waals surface area (Å²) in [5.74, 6) is -4.15. The standard InChI is InChI=1S/C10H16O7/c1-4-16-7(8(12)13)10(6(3)11,9(14)15)17-5-2/h7H,4-5H2,1-3H3,(H,12,13)(H,14,15). The summed E-state index contributed by atoms with van der Waals surface area (Å²) in [5, 5.41) is 18.0. The normalized spacial score (nSPS) is 15.9. The number of rotatable bonds is 8. The summed E-state index contributed by atoms with van der Waals surface area (Å²) in [6, 6.07) is 0. The van der Waals surface area contributed by atoms with E-state index in [1.54, 1.807) is 0 Å². The second-order valence-electron chi connectivity index (χ2n) is 3.20. The Hall–Kier alpha value is -1.47. The third-order valence-corrected chi connectivity index (χ3v) is 2.14. The summed E-state index contributed by atoms with van der Waals surface area (Å²) in [7, 11) is 0. The average Bonchev–Trinajstić information content (AvgIpc) is 2.21. The number of hydrogen-bond acceptors (Lipinski definition) is 5. The molecule has 2 N–H and O–H groups in total. The Morgan fingerprint density at radius 3 is 1.94 bits per heavy atom. The molecule has 0 heterocycles. The molecule has 0 aliphatic carbocycles. The van der Waals surface area contributed by atoms with Crippen LogP contribution in [0.15, 0.2) is 0 Å². The van der Waals surface area contributed by atoms with Crippen molar-refractivity contribution >= 4 is 17.7 Å². The molecule has 0 aromatic rings. The Bertz CT molecular complexity index is 296. The van der Waals surface area contributed by atoms with Crippen LogP contribution in [0, 0.1) is 0 Å². The number of carboxylic acids is 2. The lowest BCUT2D eigenvalue weighted by Crippen LogP contribution is -2.61. The summed E-state index contributed by atoms with van der Waals surface area (Å²) >= 11 is 0. The van der Waals surface area contributed by atoms with Crippen LogP contribution in [0.1, 0.15) is 20.8 Å². The minimum Gasteiger partial charge on any atom is -0.479 e. The van der Waals surface area contributed by atoms with Crippen LogP contribution in [0.25, 0.3) is 0 Å². The van der Waals surface area contributed by atoms with Gasteiger partial charge in [-0.2, -0.15) is 0 Å². The van der Waals surface area contributed by atoms with Gasteiger partial charge in [0.25, 0.3) is 5.60 Å². The molecule has 98 valence electrons. The van der Waals surface area contributed by atoms with E-state index in [2.05, 4.69) is 0 Å². The number of ketones is 1. The van der Waals surface area contributed by atoms with Gasteiger partial charge < -0.3 is 19.7 Å². The van der Waals surface area contributed by atoms with Gasteiger partial charge in [0.1, 0.15) is 0 Å². The summed E-state index contributed by atoms with van der Waals surface area (Å²) in [6.07, 6.45) is -1.87. The maximum absolute atomic E-state index is 11.5. The molecule has 7 nitrogen and oxygen atoms in total. The topological polar surface area (TPSA) is 110 Å². The van der Waals surface area contributed by atoms with Crippen LogP contribution >= 0.6 is 0 Å². The van der Waals surface area contributed by atoms with Crippen molar-refractivity contribution in [2.75, 3.05) is 13.2 Å². The van der Waals surface area contributed by atoms with E-state index in [0.29, 0.717) is 0 Å². The first kappa shape index (κ1) is 15.5. The van der Waals surface area contributed by atoms with Crippen LogP contribution in [0.3, 0.4) is 0 Å². The second kappa shape index (κ2) is 6.31. The van der Waals surface area contributed by atoms with Crippen molar-refractivity contribution < 1.29 is 34.1 Å². The van der Waals surface area contributed by atoms with Gasteiger partial charge in [-0.15, -0.1) is 0 Å². The number of carbonyl (C=O) groups excluding carboxylic acids is 1. The molecule has 17 heavy (non-hydrogen) atoms. The summed E-state index contributed by atoms with van der Waals surface area (Å²) < 4.78 is 9.69. The lowest BCUT2D eigenvalue weighted by molar-refractivity contribution is -0.199. The van der Waals surface area contributed by atoms with Gasteiger partial charge in [0, 0.05) is 13.2 Å². The van der Waals surface area contributed by atoms with Crippen LogP contribution in [-0.4, -0.2) is 52.9 Å². The van der Waals surface area contributed by atoms with E-state index in [9.17, 15) is 14.4 Å². The smallest absolute Gasteiger partial charge is 0.347 e. The molecule has 0 radical (unpaired) electrons. The molecular weight excluding hydrogens is 232 g/mol. The predicted molar refractivity (Wildman–Crippen MR) is 55.7 cm³/mol. The molecule has 0 bridgehead atoms. The van der Waals surface area contributed by atoms with Gasteiger partial charge in [-0.3, -0.25) is 4.79 Å². The van der Waals surface area contributed by atoms with Crippen LogP contribution in [-0.2, 0) is 23.9 Å². The molecule has 2 atom stereocenters. The molecule has 7 heteroatoms. The number of ether oxygens (including phenoxy) is 2. The van der Waals surface area contributed by atoms with Gasteiger partial charge in [-0.25, -0.2) is 9.59 Å². The number of carbonyl (C=O) groups is 3. The van der Waals surface area contributed by atoms with Crippen LogP contribution in [0.4, 0.5) is 0 Å². The number of Topliss-reactive ketones (excluding diaryl/α,β-unsaturated/α-hetero) is 1. The first-order chi connectivity index (χ1) is 7.84. The Balaban J connectivity index is 5.59. The average molecular weight is 248 g/mol. The molecule has 0 rings (SSSR count). The van der Waals surface area contributed by atoms with Crippen LogP contribution in [0.5, 0.6) is 0 Å². The van der Waals surface area contributed by atoms with Gasteiger partial charge in [0.2, 0.25) is 6.10 Å². The summed E-state index contributed by atoms with van der Waals surface area (Å²) in [5.41, 5.74) is -2.50. The van der Waals surface area contributed by atoms with Crippen molar-refractivity contribution in [1.29, 1.82) is 0 Å². The monoisotopic (exact) mass is 248 g/mol. The first-order valence-corrected chi connectivity index (χ1v) is 5.07. The fourth-order valence-corrected chi connectivity index (χ4v) is 1.44. The molecule has 0 aliphatic rings. The highest BCUT2D eigenvalue weighted by atomic mass is 16.6. The summed E-state index contributed by atoms with van der Waals surface area (Å²) in [6.45, 7) is 3.74. The van der Waals surface area contributed by atoms with Crippen LogP contribution < -0.4 is 0 Å². The molecule has 0 saturated carbocycles. The van der Waals surface area contributed by atoms with Gasteiger partial charge >= 0.3 is 11.9 Å². The van der Waals surface area contributed by atoms with Crippen molar-refractivity contribution in [3.63, 3.8) is 0 Å². The molecule has 0 spiro atoms. The zero-order valence-electron chi connectivity index (χ0n) is 9.93. The Labute approximate surface area is 98.3 Å². The van der Waals surface area contributed by atoms with Gasteiger partial charge in [0.05, 0.1) is 0 Å². The maximum Gasteiger partial charge on any atom is 0.347 e. The van der Waals surface area contributed by atoms with E-state index in [4.69, 9.17) is 19.7 Å². The minimum absolute atomic E-state index is 0.0493. The molecule has 0 aliphatic heterocycles. The van der Waals surface area contributed by atoms with Crippen molar-refractivity contribution in [2.45, 2.75) is 32.5 Å². The molecule has 0 aromatic carbocycles. The van der Waals surface area contributed by atoms with E-state index < -0.39 is 29.4 Å². The lowest BCUT2D eigenvalue weighted by Gasteiger charge is -2.31. The fourth-order valence-electron chi connectivity index (χ4n) is 1.44. The SMILES string of the molecule is CCOC(C(=O)O)C(OCC)(C(C)=O)C(=O)O. The van der Waals surface area contributed by atoms with E-state index in [1.807, 2.05) is 0 Å². The third-order valence-electron chi connectivity index (χ3n) is 2.14. The molecule has 0 amide bonds. The molecule has 0 aromatic heterocycles. The molecule has 0 saturated heterocycles. The second-order valence-corrected chi connectivity index (χ2v) is 3.20. The number of hydrogen-bond donors (Lipinski definition) is 2. The summed E-state index contributed by atoms with van der Waals surface area (Å²) in [4.78, 5) is 33.7. The van der Waals surface area contributed by atoms with Crippen molar-refractivity contribution in [1.82, 2.24) is 0 Å². The van der Waals surface area contributed by atoms with Crippen molar-refractivity contribution in [2.24, 2.45) is 0 Å². The molecule has 2 unspecified atom stereocenters. The van der Waals surface area contributed by atoms with Crippen molar-refractivity contribution in [3.8, 4) is 0 Å². The third kappa shape index (κ3) is 3.01. The first-order valence-electron chi connectivity index (χ1n) is 5.07. The Morgan fingerprint density at radius 2 is 1.71 bits per heavy atom. The van der Waals surface area contributed by atoms with E-state index in [1.165, 1.54) is 13.8 Å². The van der Waals surface area contributed by atoms with E-state index in [0.717, 1.165) is 6.92 Å². The Kier molecular flexibility index (Phi) is 5.77. The Morgan fingerprint density at radius 1 is 1.18 bits per heavy atom. The van der Waals surface area contributed by atoms with Gasteiger partial charge in [-0.1, -0.05) is 0 Å². The lowest BCUT2D eigenvalue weighted by atomic mass is 9.91. The largest absolute Gasteiger partial charge is 0.479 e. The van der Waals surface area contributed by atoms with Gasteiger partial charge in [0.15, 0.2) is 5.78 Å². The number of carboxylic acid groups (broad SMARTS) is 2. The predicted octanol–water partition coefficient (Wildman–Crippen LogP) is -0.0750. The molecular formula is C10H16O7. The zero-order valence-corrected chi connectivity index (χ0v) is 9.93.